The fraction of sp³-hybridized carbons (Fsp3) is 0.611. The lowest BCUT2D eigenvalue weighted by Crippen LogP contribution is -2.43. The summed E-state index contributed by atoms with van der Waals surface area (Å²) in [6, 6.07) is 6.91. The second-order valence-corrected chi connectivity index (χ2v) is 6.60. The van der Waals surface area contributed by atoms with Crippen molar-refractivity contribution < 1.29 is 4.79 Å². The Bertz CT molecular complexity index is 516. The molecular weight excluding hydrogens is 260 g/mol. The number of nitrogens with zero attached hydrogens (tertiary/aromatic N) is 1. The number of rotatable bonds is 4. The van der Waals surface area contributed by atoms with E-state index >= 15 is 0 Å². The molecule has 1 aromatic rings. The topological polar surface area (TPSA) is 32.3 Å². The fourth-order valence-electron chi connectivity index (χ4n) is 3.24. The molecule has 2 aliphatic rings. The molecule has 3 heteroatoms. The normalized spacial score (nSPS) is 22.1. The highest BCUT2D eigenvalue weighted by molar-refractivity contribution is 5.80. The molecule has 1 aromatic carbocycles. The highest BCUT2D eigenvalue weighted by Gasteiger charge is 2.36. The zero-order valence-electron chi connectivity index (χ0n) is 13.2. The number of hydrogen-bond donors (Lipinski definition) is 1. The number of piperidine rings is 1. The van der Waals surface area contributed by atoms with Crippen LogP contribution in [-0.4, -0.2) is 29.9 Å². The number of carbonyl (C=O) groups is 1. The van der Waals surface area contributed by atoms with Gasteiger partial charge in [0.05, 0.1) is 5.92 Å². The van der Waals surface area contributed by atoms with E-state index in [4.69, 9.17) is 0 Å². The third kappa shape index (κ3) is 3.29. The van der Waals surface area contributed by atoms with Gasteiger partial charge in [0.2, 0.25) is 5.91 Å². The standard InChI is InChI=1S/C18H26N2O/c1-13-5-3-6-16(14(13)2)12-20(17-8-9-17)18(21)15-7-4-10-19-11-15/h3,5-6,15,17,19H,4,7-12H2,1-2H3/t15-/m1/s1. The smallest absolute Gasteiger partial charge is 0.227 e. The van der Waals surface area contributed by atoms with Crippen molar-refractivity contribution in [1.82, 2.24) is 10.2 Å². The summed E-state index contributed by atoms with van der Waals surface area (Å²) < 4.78 is 0. The monoisotopic (exact) mass is 286 g/mol. The summed E-state index contributed by atoms with van der Waals surface area (Å²) in [6.07, 6.45) is 4.52. The predicted octanol–water partition coefficient (Wildman–Crippen LogP) is 2.79. The molecule has 1 amide bonds. The number of carbonyl (C=O) groups excluding carboxylic acids is 1. The Balaban J connectivity index is 1.75. The summed E-state index contributed by atoms with van der Waals surface area (Å²) in [6.45, 7) is 7.02. The number of nitrogens with one attached hydrogen (secondary N) is 1. The molecule has 1 heterocycles. The second kappa shape index (κ2) is 6.18. The van der Waals surface area contributed by atoms with E-state index in [1.807, 2.05) is 0 Å². The van der Waals surface area contributed by atoms with E-state index in [1.54, 1.807) is 0 Å². The molecule has 1 atom stereocenters. The van der Waals surface area contributed by atoms with E-state index in [-0.39, 0.29) is 5.92 Å². The van der Waals surface area contributed by atoms with Crippen LogP contribution in [0.1, 0.15) is 42.4 Å². The Hall–Kier alpha value is -1.35. The molecule has 0 aromatic heterocycles. The van der Waals surface area contributed by atoms with Gasteiger partial charge in [-0.25, -0.2) is 0 Å². The highest BCUT2D eigenvalue weighted by atomic mass is 16.2. The minimum absolute atomic E-state index is 0.185. The summed E-state index contributed by atoms with van der Waals surface area (Å²) in [5.41, 5.74) is 3.95. The molecule has 21 heavy (non-hydrogen) atoms. The summed E-state index contributed by atoms with van der Waals surface area (Å²) in [4.78, 5) is 15.0. The third-order valence-electron chi connectivity index (χ3n) is 4.97. The molecule has 0 radical (unpaired) electrons. The van der Waals surface area contributed by atoms with Crippen LogP contribution in [0.3, 0.4) is 0 Å². The van der Waals surface area contributed by atoms with Gasteiger partial charge in [-0.3, -0.25) is 4.79 Å². The maximum atomic E-state index is 12.9. The van der Waals surface area contributed by atoms with Crippen LogP contribution >= 0.6 is 0 Å². The molecule has 1 saturated heterocycles. The van der Waals surface area contributed by atoms with Crippen molar-refractivity contribution in [3.8, 4) is 0 Å². The average Bonchev–Trinajstić information content (AvgIpc) is 3.34. The van der Waals surface area contributed by atoms with E-state index in [1.165, 1.54) is 29.5 Å². The van der Waals surface area contributed by atoms with Crippen molar-refractivity contribution in [2.75, 3.05) is 13.1 Å². The van der Waals surface area contributed by atoms with E-state index in [0.29, 0.717) is 11.9 Å². The van der Waals surface area contributed by atoms with Gasteiger partial charge in [0, 0.05) is 19.1 Å². The van der Waals surface area contributed by atoms with Gasteiger partial charge in [0.25, 0.3) is 0 Å². The SMILES string of the molecule is Cc1cccc(CN(C(=O)[C@@H]2CCCNC2)C2CC2)c1C. The third-order valence-corrected chi connectivity index (χ3v) is 4.97. The minimum Gasteiger partial charge on any atom is -0.335 e. The van der Waals surface area contributed by atoms with Crippen LogP contribution in [0.15, 0.2) is 18.2 Å². The molecule has 1 aliphatic carbocycles. The van der Waals surface area contributed by atoms with Gasteiger partial charge in [-0.1, -0.05) is 18.2 Å². The van der Waals surface area contributed by atoms with Crippen molar-refractivity contribution in [1.29, 1.82) is 0 Å². The number of benzene rings is 1. The minimum atomic E-state index is 0.185. The van der Waals surface area contributed by atoms with Crippen LogP contribution < -0.4 is 5.32 Å². The van der Waals surface area contributed by atoms with Crippen LogP contribution in [0.25, 0.3) is 0 Å². The predicted molar refractivity (Wildman–Crippen MR) is 85.1 cm³/mol. The van der Waals surface area contributed by atoms with Gasteiger partial charge in [-0.15, -0.1) is 0 Å². The van der Waals surface area contributed by atoms with Gasteiger partial charge in [-0.2, -0.15) is 0 Å². The van der Waals surface area contributed by atoms with Crippen molar-refractivity contribution in [2.45, 2.75) is 52.1 Å². The van der Waals surface area contributed by atoms with Crippen LogP contribution in [0, 0.1) is 19.8 Å². The van der Waals surface area contributed by atoms with E-state index in [0.717, 1.165) is 32.5 Å². The lowest BCUT2D eigenvalue weighted by atomic mass is 9.97. The molecule has 1 aliphatic heterocycles. The molecule has 0 unspecified atom stereocenters. The molecule has 2 fully saturated rings. The second-order valence-electron chi connectivity index (χ2n) is 6.60. The molecular formula is C18H26N2O. The van der Waals surface area contributed by atoms with Crippen molar-refractivity contribution in [3.05, 3.63) is 34.9 Å². The van der Waals surface area contributed by atoms with Crippen LogP contribution in [-0.2, 0) is 11.3 Å². The average molecular weight is 286 g/mol. The lowest BCUT2D eigenvalue weighted by molar-refractivity contribution is -0.137. The van der Waals surface area contributed by atoms with Crippen LogP contribution in [0.5, 0.6) is 0 Å². The van der Waals surface area contributed by atoms with E-state index in [9.17, 15) is 4.79 Å². The van der Waals surface area contributed by atoms with E-state index in [2.05, 4.69) is 42.3 Å². The first-order chi connectivity index (χ1) is 10.2. The summed E-state index contributed by atoms with van der Waals surface area (Å²) in [5.74, 6) is 0.551. The Labute approximate surface area is 127 Å². The molecule has 1 N–H and O–H groups in total. The first kappa shape index (κ1) is 14.6. The van der Waals surface area contributed by atoms with Crippen LogP contribution in [0.2, 0.25) is 0 Å². The van der Waals surface area contributed by atoms with E-state index < -0.39 is 0 Å². The maximum absolute atomic E-state index is 12.9. The molecule has 3 rings (SSSR count). The molecule has 1 saturated carbocycles. The van der Waals surface area contributed by atoms with Crippen molar-refractivity contribution in [2.24, 2.45) is 5.92 Å². The quantitative estimate of drug-likeness (QED) is 0.923. The van der Waals surface area contributed by atoms with Gasteiger partial charge >= 0.3 is 0 Å². The molecule has 114 valence electrons. The summed E-state index contributed by atoms with van der Waals surface area (Å²) >= 11 is 0. The maximum Gasteiger partial charge on any atom is 0.227 e. The van der Waals surface area contributed by atoms with Crippen molar-refractivity contribution in [3.63, 3.8) is 0 Å². The molecule has 0 bridgehead atoms. The summed E-state index contributed by atoms with van der Waals surface area (Å²) in [7, 11) is 0. The fourth-order valence-corrected chi connectivity index (χ4v) is 3.24. The van der Waals surface area contributed by atoms with Crippen molar-refractivity contribution >= 4 is 5.91 Å². The first-order valence-corrected chi connectivity index (χ1v) is 8.23. The Morgan fingerprint density at radius 2 is 2.10 bits per heavy atom. The van der Waals surface area contributed by atoms with Gasteiger partial charge in [0.1, 0.15) is 0 Å². The largest absolute Gasteiger partial charge is 0.335 e. The Morgan fingerprint density at radius 3 is 2.76 bits per heavy atom. The van der Waals surface area contributed by atoms with Crippen LogP contribution in [0.4, 0.5) is 0 Å². The van der Waals surface area contributed by atoms with Gasteiger partial charge < -0.3 is 10.2 Å². The zero-order valence-corrected chi connectivity index (χ0v) is 13.2. The van der Waals surface area contributed by atoms with Gasteiger partial charge in [0.15, 0.2) is 0 Å². The molecule has 3 nitrogen and oxygen atoms in total. The summed E-state index contributed by atoms with van der Waals surface area (Å²) in [5, 5.41) is 3.37. The lowest BCUT2D eigenvalue weighted by Gasteiger charge is -2.30. The molecule has 0 spiro atoms. The number of hydrogen-bond acceptors (Lipinski definition) is 2. The number of amides is 1. The Kier molecular flexibility index (Phi) is 4.29. The first-order valence-electron chi connectivity index (χ1n) is 8.23. The zero-order chi connectivity index (χ0) is 14.8. The van der Waals surface area contributed by atoms with Gasteiger partial charge in [-0.05, 0) is 62.8 Å². The highest BCUT2D eigenvalue weighted by Crippen LogP contribution is 2.31. The Morgan fingerprint density at radius 1 is 1.29 bits per heavy atom. The number of aryl methyl sites for hydroxylation is 1.